The fourth-order valence-electron chi connectivity index (χ4n) is 1.59. The minimum atomic E-state index is 0.797. The first-order chi connectivity index (χ1) is 6.77. The van der Waals surface area contributed by atoms with Crippen molar-refractivity contribution in [1.29, 1.82) is 0 Å². The van der Waals surface area contributed by atoms with E-state index in [9.17, 15) is 4.79 Å². The zero-order valence-corrected chi connectivity index (χ0v) is 10.1. The average Bonchev–Trinajstić information content (AvgIpc) is 2.68. The van der Waals surface area contributed by atoms with Crippen LogP contribution in [0.5, 0.6) is 0 Å². The molecule has 0 unspecified atom stereocenters. The lowest BCUT2D eigenvalue weighted by molar-refractivity contribution is 0.112. The van der Waals surface area contributed by atoms with Crippen LogP contribution in [0, 0.1) is 6.92 Å². The summed E-state index contributed by atoms with van der Waals surface area (Å²) in [6.07, 6.45) is 0.929. The lowest BCUT2D eigenvalue weighted by atomic mass is 10.0. The van der Waals surface area contributed by atoms with Crippen molar-refractivity contribution in [2.75, 3.05) is 0 Å². The number of halogens is 1. The van der Waals surface area contributed by atoms with E-state index in [-0.39, 0.29) is 0 Å². The van der Waals surface area contributed by atoms with E-state index < -0.39 is 0 Å². The molecule has 1 heterocycles. The van der Waals surface area contributed by atoms with Gasteiger partial charge in [-0.05, 0) is 40.9 Å². The fourth-order valence-corrected chi connectivity index (χ4v) is 3.19. The van der Waals surface area contributed by atoms with Crippen LogP contribution in [0.25, 0.3) is 10.1 Å². The molecule has 0 saturated carbocycles. The van der Waals surface area contributed by atoms with Gasteiger partial charge in [-0.1, -0.05) is 15.9 Å². The number of aryl methyl sites for hydroxylation is 1. The van der Waals surface area contributed by atoms with Gasteiger partial charge in [-0.2, -0.15) is 0 Å². The van der Waals surface area contributed by atoms with Crippen molar-refractivity contribution in [3.63, 3.8) is 0 Å². The molecule has 2 aromatic rings. The van der Waals surface area contributed by atoms with Crippen molar-refractivity contribution in [2.45, 2.75) is 12.3 Å². The standard InChI is InChI=1S/C11H9BrOS/c1-7-9(6-13)4-8(5-12)11-10(7)2-3-14-11/h2-4,6H,5H2,1H3. The molecule has 1 aromatic heterocycles. The molecular weight excluding hydrogens is 260 g/mol. The molecule has 2 rings (SSSR count). The van der Waals surface area contributed by atoms with Gasteiger partial charge in [0.15, 0.2) is 0 Å². The normalized spacial score (nSPS) is 10.7. The summed E-state index contributed by atoms with van der Waals surface area (Å²) in [6.45, 7) is 2.00. The van der Waals surface area contributed by atoms with Crippen molar-refractivity contribution in [3.05, 3.63) is 34.2 Å². The Labute approximate surface area is 94.9 Å². The quantitative estimate of drug-likeness (QED) is 0.596. The third-order valence-corrected chi connectivity index (χ3v) is 3.99. The Kier molecular flexibility index (Phi) is 2.70. The maximum absolute atomic E-state index is 10.8. The van der Waals surface area contributed by atoms with E-state index in [1.54, 1.807) is 11.3 Å². The molecule has 72 valence electrons. The Morgan fingerprint density at radius 3 is 3.00 bits per heavy atom. The van der Waals surface area contributed by atoms with E-state index in [2.05, 4.69) is 27.4 Å². The summed E-state index contributed by atoms with van der Waals surface area (Å²) in [5.41, 5.74) is 3.08. The van der Waals surface area contributed by atoms with Crippen LogP contribution >= 0.6 is 27.3 Å². The fraction of sp³-hybridized carbons (Fsp3) is 0.182. The molecular formula is C11H9BrOS. The summed E-state index contributed by atoms with van der Waals surface area (Å²) in [7, 11) is 0. The van der Waals surface area contributed by atoms with Gasteiger partial charge in [-0.25, -0.2) is 0 Å². The van der Waals surface area contributed by atoms with Gasteiger partial charge in [0.2, 0.25) is 0 Å². The van der Waals surface area contributed by atoms with Gasteiger partial charge in [0.05, 0.1) is 0 Å². The largest absolute Gasteiger partial charge is 0.298 e. The summed E-state index contributed by atoms with van der Waals surface area (Å²) in [5, 5.41) is 4.07. The third kappa shape index (κ3) is 1.41. The second-order valence-corrected chi connectivity index (χ2v) is 4.64. The number of alkyl halides is 1. The number of hydrogen-bond acceptors (Lipinski definition) is 2. The third-order valence-electron chi connectivity index (χ3n) is 2.39. The molecule has 0 spiro atoms. The van der Waals surface area contributed by atoms with Gasteiger partial charge >= 0.3 is 0 Å². The van der Waals surface area contributed by atoms with Crippen LogP contribution in [0.1, 0.15) is 21.5 Å². The summed E-state index contributed by atoms with van der Waals surface area (Å²) in [6, 6.07) is 4.05. The van der Waals surface area contributed by atoms with Crippen molar-refractivity contribution in [1.82, 2.24) is 0 Å². The Balaban J connectivity index is 2.86. The van der Waals surface area contributed by atoms with Crippen LogP contribution in [0.4, 0.5) is 0 Å². The molecule has 0 atom stereocenters. The van der Waals surface area contributed by atoms with Crippen LogP contribution < -0.4 is 0 Å². The van der Waals surface area contributed by atoms with Gasteiger partial charge in [-0.15, -0.1) is 11.3 Å². The Bertz CT molecular complexity index is 487. The average molecular weight is 269 g/mol. The first-order valence-electron chi connectivity index (χ1n) is 4.28. The Hall–Kier alpha value is -0.670. The second kappa shape index (κ2) is 3.83. The number of carbonyl (C=O) groups is 1. The van der Waals surface area contributed by atoms with Gasteiger partial charge in [0, 0.05) is 15.6 Å². The Morgan fingerprint density at radius 1 is 1.57 bits per heavy atom. The van der Waals surface area contributed by atoms with Crippen LogP contribution in [0.15, 0.2) is 17.5 Å². The molecule has 0 aliphatic rings. The molecule has 0 saturated heterocycles. The van der Waals surface area contributed by atoms with Crippen LogP contribution in [0.2, 0.25) is 0 Å². The zero-order valence-electron chi connectivity index (χ0n) is 7.71. The number of hydrogen-bond donors (Lipinski definition) is 0. The first-order valence-corrected chi connectivity index (χ1v) is 6.29. The van der Waals surface area contributed by atoms with E-state index in [0.717, 1.165) is 22.7 Å². The number of fused-ring (bicyclic) bond motifs is 1. The maximum atomic E-state index is 10.8. The van der Waals surface area contributed by atoms with Gasteiger partial charge < -0.3 is 0 Å². The number of benzene rings is 1. The van der Waals surface area contributed by atoms with Gasteiger partial charge in [0.25, 0.3) is 0 Å². The summed E-state index contributed by atoms with van der Waals surface area (Å²) < 4.78 is 1.28. The highest BCUT2D eigenvalue weighted by atomic mass is 79.9. The van der Waals surface area contributed by atoms with Crippen molar-refractivity contribution in [2.24, 2.45) is 0 Å². The zero-order chi connectivity index (χ0) is 10.1. The van der Waals surface area contributed by atoms with E-state index in [4.69, 9.17) is 0 Å². The topological polar surface area (TPSA) is 17.1 Å². The van der Waals surface area contributed by atoms with E-state index in [1.807, 2.05) is 13.0 Å². The van der Waals surface area contributed by atoms with E-state index >= 15 is 0 Å². The SMILES string of the molecule is Cc1c(C=O)cc(CBr)c2sccc12. The van der Waals surface area contributed by atoms with Crippen LogP contribution in [0.3, 0.4) is 0 Å². The predicted octanol–water partition coefficient (Wildman–Crippen LogP) is 3.92. The highest BCUT2D eigenvalue weighted by Crippen LogP contribution is 2.30. The predicted molar refractivity (Wildman–Crippen MR) is 64.6 cm³/mol. The van der Waals surface area contributed by atoms with E-state index in [1.165, 1.54) is 15.6 Å². The van der Waals surface area contributed by atoms with Crippen LogP contribution in [-0.2, 0) is 5.33 Å². The summed E-state index contributed by atoms with van der Waals surface area (Å²) in [5.74, 6) is 0. The number of rotatable bonds is 2. The lowest BCUT2D eigenvalue weighted by Gasteiger charge is -2.04. The second-order valence-electron chi connectivity index (χ2n) is 3.16. The molecule has 0 N–H and O–H groups in total. The first kappa shape index (κ1) is 9.87. The Morgan fingerprint density at radius 2 is 2.36 bits per heavy atom. The summed E-state index contributed by atoms with van der Waals surface area (Å²) in [4.78, 5) is 10.8. The van der Waals surface area contributed by atoms with E-state index in [0.29, 0.717) is 0 Å². The molecule has 3 heteroatoms. The highest BCUT2D eigenvalue weighted by Gasteiger charge is 2.08. The molecule has 14 heavy (non-hydrogen) atoms. The minimum absolute atomic E-state index is 0.797. The number of aldehydes is 1. The van der Waals surface area contributed by atoms with Crippen molar-refractivity contribution >= 4 is 43.6 Å². The molecule has 0 fully saturated rings. The van der Waals surface area contributed by atoms with Gasteiger partial charge in [-0.3, -0.25) is 4.79 Å². The minimum Gasteiger partial charge on any atom is -0.298 e. The summed E-state index contributed by atoms with van der Waals surface area (Å²) >= 11 is 5.17. The van der Waals surface area contributed by atoms with Gasteiger partial charge in [0.1, 0.15) is 6.29 Å². The molecule has 0 aliphatic carbocycles. The monoisotopic (exact) mass is 268 g/mol. The lowest BCUT2D eigenvalue weighted by Crippen LogP contribution is -1.90. The molecule has 0 amide bonds. The van der Waals surface area contributed by atoms with Crippen LogP contribution in [-0.4, -0.2) is 6.29 Å². The maximum Gasteiger partial charge on any atom is 0.150 e. The van der Waals surface area contributed by atoms with Crippen molar-refractivity contribution in [3.8, 4) is 0 Å². The molecule has 0 bridgehead atoms. The number of carbonyl (C=O) groups excluding carboxylic acids is 1. The molecule has 0 radical (unpaired) electrons. The molecule has 1 nitrogen and oxygen atoms in total. The van der Waals surface area contributed by atoms with Crippen molar-refractivity contribution < 1.29 is 4.79 Å². The molecule has 0 aliphatic heterocycles. The molecule has 1 aromatic carbocycles. The highest BCUT2D eigenvalue weighted by molar-refractivity contribution is 9.08. The smallest absolute Gasteiger partial charge is 0.150 e. The number of thiophene rings is 1.